The van der Waals surface area contributed by atoms with Gasteiger partial charge >= 0.3 is 0 Å². The molecule has 0 radical (unpaired) electrons. The van der Waals surface area contributed by atoms with E-state index in [-0.39, 0.29) is 23.3 Å². The number of halogens is 1. The molecule has 3 rings (SSSR count). The number of hydrogen-bond donors (Lipinski definition) is 1. The summed E-state index contributed by atoms with van der Waals surface area (Å²) in [7, 11) is -3.58. The van der Waals surface area contributed by atoms with Crippen LogP contribution in [0.3, 0.4) is 0 Å². The molecule has 2 heterocycles. The largest absolute Gasteiger partial charge is 0.356 e. The van der Waals surface area contributed by atoms with Crippen LogP contribution in [0.5, 0.6) is 0 Å². The van der Waals surface area contributed by atoms with Crippen LogP contribution >= 0.6 is 15.9 Å². The van der Waals surface area contributed by atoms with Crippen LogP contribution in [0.4, 0.5) is 0 Å². The normalized spacial score (nSPS) is 18.3. The average Bonchev–Trinajstić information content (AvgIpc) is 3.19. The van der Waals surface area contributed by atoms with Crippen LogP contribution in [0.2, 0.25) is 0 Å². The quantitative estimate of drug-likeness (QED) is 0.650. The van der Waals surface area contributed by atoms with E-state index in [9.17, 15) is 13.2 Å². The first-order valence-corrected chi connectivity index (χ1v) is 11.2. The Morgan fingerprint density at radius 3 is 2.78 bits per heavy atom. The molecule has 9 heteroatoms. The molecule has 27 heavy (non-hydrogen) atoms. The van der Waals surface area contributed by atoms with Crippen molar-refractivity contribution in [2.75, 3.05) is 19.6 Å². The number of benzene rings is 1. The molecule has 0 unspecified atom stereocenters. The van der Waals surface area contributed by atoms with Gasteiger partial charge in [-0.15, -0.1) is 0 Å². The van der Waals surface area contributed by atoms with Gasteiger partial charge in [-0.05, 0) is 43.5 Å². The van der Waals surface area contributed by atoms with Crippen molar-refractivity contribution in [3.63, 3.8) is 0 Å². The summed E-state index contributed by atoms with van der Waals surface area (Å²) in [6.07, 6.45) is 7.54. The Morgan fingerprint density at radius 1 is 1.30 bits per heavy atom. The van der Waals surface area contributed by atoms with E-state index in [2.05, 4.69) is 26.2 Å². The van der Waals surface area contributed by atoms with E-state index in [0.717, 1.165) is 17.4 Å². The summed E-state index contributed by atoms with van der Waals surface area (Å²) in [6, 6.07) is 6.58. The highest BCUT2D eigenvalue weighted by Crippen LogP contribution is 2.25. The highest BCUT2D eigenvalue weighted by Gasteiger charge is 2.33. The van der Waals surface area contributed by atoms with Gasteiger partial charge in [0.05, 0.1) is 17.1 Å². The molecule has 1 aliphatic heterocycles. The van der Waals surface area contributed by atoms with Crippen LogP contribution in [0.1, 0.15) is 19.3 Å². The monoisotopic (exact) mass is 454 g/mol. The van der Waals surface area contributed by atoms with Crippen molar-refractivity contribution in [2.45, 2.75) is 30.7 Å². The smallest absolute Gasteiger partial charge is 0.243 e. The van der Waals surface area contributed by atoms with Gasteiger partial charge in [-0.3, -0.25) is 4.79 Å². The molecule has 1 aromatic heterocycles. The van der Waals surface area contributed by atoms with Gasteiger partial charge in [0.15, 0.2) is 0 Å². The van der Waals surface area contributed by atoms with E-state index in [0.29, 0.717) is 25.9 Å². The molecule has 0 saturated carbocycles. The average molecular weight is 455 g/mol. The van der Waals surface area contributed by atoms with E-state index < -0.39 is 10.0 Å². The third kappa shape index (κ3) is 5.18. The first kappa shape index (κ1) is 20.0. The van der Waals surface area contributed by atoms with E-state index in [1.54, 1.807) is 36.8 Å². The number of amides is 1. The summed E-state index contributed by atoms with van der Waals surface area (Å²) in [5.41, 5.74) is 0. The lowest BCUT2D eigenvalue weighted by Gasteiger charge is -2.31. The highest BCUT2D eigenvalue weighted by molar-refractivity contribution is 9.10. The van der Waals surface area contributed by atoms with Gasteiger partial charge in [-0.1, -0.05) is 15.9 Å². The molecule has 1 amide bonds. The summed E-state index contributed by atoms with van der Waals surface area (Å²) >= 11 is 3.31. The third-order valence-corrected chi connectivity index (χ3v) is 7.07. The molecular formula is C18H23BrN4O3S. The van der Waals surface area contributed by atoms with Crippen LogP contribution in [0.15, 0.2) is 52.4 Å². The van der Waals surface area contributed by atoms with Crippen LogP contribution in [-0.2, 0) is 21.4 Å². The van der Waals surface area contributed by atoms with Crippen LogP contribution in [0.25, 0.3) is 0 Å². The molecular weight excluding hydrogens is 432 g/mol. The summed E-state index contributed by atoms with van der Waals surface area (Å²) in [4.78, 5) is 16.7. The van der Waals surface area contributed by atoms with Gasteiger partial charge in [-0.2, -0.15) is 4.31 Å². The highest BCUT2D eigenvalue weighted by atomic mass is 79.9. The number of rotatable bonds is 7. The third-order valence-electron chi connectivity index (χ3n) is 4.66. The Morgan fingerprint density at radius 2 is 2.07 bits per heavy atom. The number of nitrogens with zero attached hydrogens (tertiary/aromatic N) is 3. The van der Waals surface area contributed by atoms with E-state index in [1.165, 1.54) is 4.31 Å². The summed E-state index contributed by atoms with van der Waals surface area (Å²) in [5.74, 6) is -0.381. The van der Waals surface area contributed by atoms with Gasteiger partial charge in [0.2, 0.25) is 15.9 Å². The predicted octanol–water partition coefficient (Wildman–Crippen LogP) is 2.25. The van der Waals surface area contributed by atoms with E-state index in [4.69, 9.17) is 0 Å². The zero-order chi connectivity index (χ0) is 19.3. The maximum atomic E-state index is 12.8. The maximum Gasteiger partial charge on any atom is 0.243 e. The van der Waals surface area contributed by atoms with Crippen LogP contribution < -0.4 is 5.32 Å². The Labute approximate surface area is 168 Å². The molecule has 0 bridgehead atoms. The van der Waals surface area contributed by atoms with Crippen molar-refractivity contribution in [3.8, 4) is 0 Å². The minimum atomic E-state index is -3.58. The lowest BCUT2D eigenvalue weighted by atomic mass is 9.99. The Kier molecular flexibility index (Phi) is 6.67. The second-order valence-corrected chi connectivity index (χ2v) is 9.45. The van der Waals surface area contributed by atoms with Gasteiger partial charge in [0.1, 0.15) is 0 Å². The fourth-order valence-electron chi connectivity index (χ4n) is 3.17. The van der Waals surface area contributed by atoms with Gasteiger partial charge < -0.3 is 9.88 Å². The van der Waals surface area contributed by atoms with Crippen molar-refractivity contribution >= 4 is 31.9 Å². The molecule has 1 aromatic carbocycles. The van der Waals surface area contributed by atoms with Gasteiger partial charge in [-0.25, -0.2) is 13.4 Å². The Hall–Kier alpha value is -1.71. The number of piperidine rings is 1. The zero-order valence-electron chi connectivity index (χ0n) is 14.9. The van der Waals surface area contributed by atoms with Gasteiger partial charge in [0.25, 0.3) is 0 Å². The number of aryl methyl sites for hydroxylation is 1. The molecule has 0 aliphatic carbocycles. The van der Waals surface area contributed by atoms with E-state index in [1.807, 2.05) is 10.8 Å². The van der Waals surface area contributed by atoms with Crippen LogP contribution in [-0.4, -0.2) is 47.8 Å². The second-order valence-electron chi connectivity index (χ2n) is 6.60. The standard InChI is InChI=1S/C18H23BrN4O3S/c19-16-4-6-17(7-5-16)27(25,26)23-11-1-3-15(13-23)18(24)21-8-2-10-22-12-9-20-14-22/h4-7,9,12,14-15H,1-3,8,10-11,13H2,(H,21,24)/t15-/m1/s1. The molecule has 1 N–H and O–H groups in total. The van der Waals surface area contributed by atoms with Crippen molar-refractivity contribution in [2.24, 2.45) is 5.92 Å². The fraction of sp³-hybridized carbons (Fsp3) is 0.444. The lowest BCUT2D eigenvalue weighted by molar-refractivity contribution is -0.126. The summed E-state index contributed by atoms with van der Waals surface area (Å²) in [6.45, 7) is 2.02. The number of sulfonamides is 1. The first-order chi connectivity index (χ1) is 13.0. The Balaban J connectivity index is 1.53. The number of hydrogen-bond acceptors (Lipinski definition) is 4. The molecule has 2 aromatic rings. The second kappa shape index (κ2) is 8.99. The zero-order valence-corrected chi connectivity index (χ0v) is 17.3. The Bertz CT molecular complexity index is 853. The predicted molar refractivity (Wildman–Crippen MR) is 105 cm³/mol. The first-order valence-electron chi connectivity index (χ1n) is 8.96. The molecule has 146 valence electrons. The number of carbonyl (C=O) groups excluding carboxylic acids is 1. The minimum Gasteiger partial charge on any atom is -0.356 e. The number of carbonyl (C=O) groups is 1. The number of nitrogens with one attached hydrogen (secondary N) is 1. The SMILES string of the molecule is O=C(NCCCn1ccnc1)[C@@H]1CCCN(S(=O)(=O)c2ccc(Br)cc2)C1. The molecule has 0 spiro atoms. The molecule has 7 nitrogen and oxygen atoms in total. The fourth-order valence-corrected chi connectivity index (χ4v) is 4.96. The van der Waals surface area contributed by atoms with Gasteiger partial charge in [0, 0.05) is 43.0 Å². The number of imidazole rings is 1. The van der Waals surface area contributed by atoms with Crippen LogP contribution in [0, 0.1) is 5.92 Å². The molecule has 1 saturated heterocycles. The number of aromatic nitrogens is 2. The molecule has 1 aliphatic rings. The van der Waals surface area contributed by atoms with Crippen molar-refractivity contribution in [1.29, 1.82) is 0 Å². The maximum absolute atomic E-state index is 12.8. The summed E-state index contributed by atoms with van der Waals surface area (Å²) < 4.78 is 29.9. The molecule has 1 atom stereocenters. The topological polar surface area (TPSA) is 84.3 Å². The van der Waals surface area contributed by atoms with Crippen molar-refractivity contribution < 1.29 is 13.2 Å². The lowest BCUT2D eigenvalue weighted by Crippen LogP contribution is -2.45. The minimum absolute atomic E-state index is 0.0728. The van der Waals surface area contributed by atoms with Crippen molar-refractivity contribution in [1.82, 2.24) is 19.2 Å². The van der Waals surface area contributed by atoms with E-state index >= 15 is 0 Å². The van der Waals surface area contributed by atoms with Crippen molar-refractivity contribution in [3.05, 3.63) is 47.5 Å². The molecule has 1 fully saturated rings. The summed E-state index contributed by atoms with van der Waals surface area (Å²) in [5, 5.41) is 2.93.